The highest BCUT2D eigenvalue weighted by Gasteiger charge is 2.42. The Hall–Kier alpha value is -5.13. The highest BCUT2D eigenvalue weighted by molar-refractivity contribution is 6.03. The molecule has 4 fully saturated rings. The lowest BCUT2D eigenvalue weighted by molar-refractivity contribution is -0.126. The SMILES string of the molecule is C#Cc1c(F)ccc2cc(O)cc(-c3ncc4c(N5CC6CCC(C5)N6C/C(OC=O)=C(\C)OC)nc(OC)nc4c3F)c12.F[C@@H]1CC2CCCN2C1. The Labute approximate surface area is 305 Å². The molecular weight excluding hydrogens is 689 g/mol. The number of aromatic hydroxyl groups is 1. The van der Waals surface area contributed by atoms with Crippen LogP contribution in [0.15, 0.2) is 42.0 Å². The number of fused-ring (bicyclic) bond motifs is 5. The molecule has 4 aliphatic heterocycles. The largest absolute Gasteiger partial charge is 0.508 e. The van der Waals surface area contributed by atoms with Gasteiger partial charge in [0, 0.05) is 54.9 Å². The summed E-state index contributed by atoms with van der Waals surface area (Å²) in [5.41, 5.74) is -0.127. The number of anilines is 1. The number of pyridine rings is 1. The minimum absolute atomic E-state index is 0.0326. The Morgan fingerprint density at radius 3 is 2.55 bits per heavy atom. The molecule has 3 unspecified atom stereocenters. The zero-order chi connectivity index (χ0) is 37.4. The fourth-order valence-electron chi connectivity index (χ4n) is 8.31. The Balaban J connectivity index is 0.000000418. The fraction of sp³-hybridized carbons (Fsp3) is 0.436. The number of rotatable bonds is 8. The first kappa shape index (κ1) is 36.2. The first-order valence-electron chi connectivity index (χ1n) is 17.7. The minimum atomic E-state index is -0.791. The zero-order valence-electron chi connectivity index (χ0n) is 29.8. The normalized spacial score (nSPS) is 22.9. The number of alkyl halides is 1. The summed E-state index contributed by atoms with van der Waals surface area (Å²) < 4.78 is 59.6. The number of benzene rings is 2. The van der Waals surface area contributed by atoms with Gasteiger partial charge in [0.15, 0.2) is 11.6 Å². The number of hydrogen-bond donors (Lipinski definition) is 1. The first-order chi connectivity index (χ1) is 25.6. The molecule has 0 amide bonds. The van der Waals surface area contributed by atoms with E-state index in [1.54, 1.807) is 6.92 Å². The van der Waals surface area contributed by atoms with Gasteiger partial charge in [-0.25, -0.2) is 13.2 Å². The molecule has 278 valence electrons. The molecule has 2 bridgehead atoms. The highest BCUT2D eigenvalue weighted by atomic mass is 19.1. The van der Waals surface area contributed by atoms with Gasteiger partial charge in [-0.1, -0.05) is 12.0 Å². The van der Waals surface area contributed by atoms with Crippen molar-refractivity contribution in [3.63, 3.8) is 0 Å². The van der Waals surface area contributed by atoms with Crippen LogP contribution in [0.4, 0.5) is 19.0 Å². The number of methoxy groups -OCH3 is 2. The van der Waals surface area contributed by atoms with Gasteiger partial charge in [-0.3, -0.25) is 19.6 Å². The van der Waals surface area contributed by atoms with E-state index in [0.717, 1.165) is 25.8 Å². The number of phenolic OH excluding ortho intramolecular Hbond substituents is 1. The smallest absolute Gasteiger partial charge is 0.318 e. The van der Waals surface area contributed by atoms with Gasteiger partial charge in [-0.2, -0.15) is 9.97 Å². The Morgan fingerprint density at radius 1 is 1.09 bits per heavy atom. The lowest BCUT2D eigenvalue weighted by Crippen LogP contribution is -2.54. The van der Waals surface area contributed by atoms with Crippen molar-refractivity contribution < 1.29 is 37.3 Å². The molecule has 0 aliphatic carbocycles. The number of ether oxygens (including phenoxy) is 3. The topological polar surface area (TPSA) is 113 Å². The number of allylic oxidation sites excluding steroid dienone is 1. The molecule has 2 aromatic heterocycles. The molecule has 11 nitrogen and oxygen atoms in total. The summed E-state index contributed by atoms with van der Waals surface area (Å²) in [7, 11) is 2.92. The lowest BCUT2D eigenvalue weighted by atomic mass is 9.96. The number of nitrogens with zero attached hydrogens (tertiary/aromatic N) is 6. The highest BCUT2D eigenvalue weighted by Crippen LogP contribution is 2.40. The van der Waals surface area contributed by atoms with E-state index >= 15 is 4.39 Å². The molecular formula is C39H41F3N6O5. The maximum absolute atomic E-state index is 16.4. The molecule has 53 heavy (non-hydrogen) atoms. The zero-order valence-corrected chi connectivity index (χ0v) is 29.8. The molecule has 2 aromatic carbocycles. The van der Waals surface area contributed by atoms with Gasteiger partial charge in [-0.05, 0) is 69.2 Å². The second-order valence-corrected chi connectivity index (χ2v) is 13.9. The van der Waals surface area contributed by atoms with Gasteiger partial charge in [-0.15, -0.1) is 6.42 Å². The van der Waals surface area contributed by atoms with E-state index < -0.39 is 17.8 Å². The Bertz CT molecular complexity index is 2100. The van der Waals surface area contributed by atoms with E-state index in [9.17, 15) is 18.7 Å². The van der Waals surface area contributed by atoms with Gasteiger partial charge in [0.05, 0.1) is 31.7 Å². The Kier molecular flexibility index (Phi) is 10.3. The second kappa shape index (κ2) is 15.1. The number of carbonyl (C=O) groups is 1. The molecule has 0 saturated carbocycles. The van der Waals surface area contributed by atoms with E-state index in [4.69, 9.17) is 20.6 Å². The maximum Gasteiger partial charge on any atom is 0.318 e. The van der Waals surface area contributed by atoms with E-state index in [1.807, 2.05) is 0 Å². The van der Waals surface area contributed by atoms with Crippen molar-refractivity contribution in [3.8, 4) is 35.4 Å². The van der Waals surface area contributed by atoms with Crippen molar-refractivity contribution in [3.05, 3.63) is 59.2 Å². The van der Waals surface area contributed by atoms with Crippen LogP contribution >= 0.6 is 0 Å². The summed E-state index contributed by atoms with van der Waals surface area (Å²) in [4.78, 5) is 31.1. The fourth-order valence-corrected chi connectivity index (χ4v) is 8.31. The molecule has 4 aromatic rings. The first-order valence-corrected chi connectivity index (χ1v) is 17.7. The molecule has 0 radical (unpaired) electrons. The summed E-state index contributed by atoms with van der Waals surface area (Å²) in [5, 5.41) is 11.5. The van der Waals surface area contributed by atoms with E-state index in [1.165, 1.54) is 57.5 Å². The third-order valence-electron chi connectivity index (χ3n) is 10.9. The summed E-state index contributed by atoms with van der Waals surface area (Å²) in [5.74, 6) is 2.19. The van der Waals surface area contributed by atoms with Crippen LogP contribution in [0.5, 0.6) is 11.8 Å². The molecule has 14 heteroatoms. The average molecular weight is 731 g/mol. The van der Waals surface area contributed by atoms with Crippen molar-refractivity contribution >= 4 is 34.0 Å². The molecule has 1 N–H and O–H groups in total. The average Bonchev–Trinajstić information content (AvgIpc) is 3.80. The van der Waals surface area contributed by atoms with Gasteiger partial charge in [0.2, 0.25) is 0 Å². The number of terminal acetylenes is 1. The van der Waals surface area contributed by atoms with Crippen LogP contribution in [-0.4, -0.2) is 108 Å². The van der Waals surface area contributed by atoms with Crippen molar-refractivity contribution in [2.24, 2.45) is 0 Å². The van der Waals surface area contributed by atoms with Gasteiger partial charge in [0.1, 0.15) is 40.5 Å². The third kappa shape index (κ3) is 6.91. The summed E-state index contributed by atoms with van der Waals surface area (Å²) in [6.07, 6.45) is 11.7. The predicted molar refractivity (Wildman–Crippen MR) is 193 cm³/mol. The van der Waals surface area contributed by atoms with Crippen LogP contribution in [0, 0.1) is 24.0 Å². The third-order valence-corrected chi connectivity index (χ3v) is 10.9. The summed E-state index contributed by atoms with van der Waals surface area (Å²) >= 11 is 0. The molecule has 6 heterocycles. The van der Waals surface area contributed by atoms with E-state index in [2.05, 4.69) is 35.6 Å². The number of carbonyl (C=O) groups excluding carboxylic acids is 1. The monoisotopic (exact) mass is 730 g/mol. The number of aromatic nitrogens is 3. The van der Waals surface area contributed by atoms with Gasteiger partial charge >= 0.3 is 6.01 Å². The molecule has 8 rings (SSSR count). The molecule has 4 saturated heterocycles. The van der Waals surface area contributed by atoms with Gasteiger partial charge < -0.3 is 24.2 Å². The van der Waals surface area contributed by atoms with Crippen LogP contribution in [-0.2, 0) is 14.3 Å². The summed E-state index contributed by atoms with van der Waals surface area (Å²) in [6, 6.07) is 6.18. The predicted octanol–water partition coefficient (Wildman–Crippen LogP) is 5.72. The van der Waals surface area contributed by atoms with Crippen molar-refractivity contribution in [2.45, 2.75) is 63.3 Å². The number of hydrogen-bond acceptors (Lipinski definition) is 11. The molecule has 4 atom stereocenters. The van der Waals surface area contributed by atoms with E-state index in [-0.39, 0.29) is 51.6 Å². The van der Waals surface area contributed by atoms with Crippen LogP contribution in [0.3, 0.4) is 0 Å². The molecule has 0 spiro atoms. The second-order valence-electron chi connectivity index (χ2n) is 13.9. The van der Waals surface area contributed by atoms with Gasteiger partial charge in [0.25, 0.3) is 6.47 Å². The van der Waals surface area contributed by atoms with E-state index in [0.29, 0.717) is 66.8 Å². The van der Waals surface area contributed by atoms with Crippen molar-refractivity contribution in [2.75, 3.05) is 51.8 Å². The van der Waals surface area contributed by atoms with Crippen LogP contribution in [0.2, 0.25) is 0 Å². The van der Waals surface area contributed by atoms with Crippen molar-refractivity contribution in [1.29, 1.82) is 0 Å². The lowest BCUT2D eigenvalue weighted by Gasteiger charge is -2.41. The van der Waals surface area contributed by atoms with Crippen LogP contribution in [0.25, 0.3) is 32.9 Å². The number of piperazine rings is 1. The number of halogens is 3. The minimum Gasteiger partial charge on any atom is -0.508 e. The van der Waals surface area contributed by atoms with Crippen molar-refractivity contribution in [1.82, 2.24) is 24.8 Å². The quantitative estimate of drug-likeness (QED) is 0.137. The number of phenols is 1. The Morgan fingerprint density at radius 2 is 1.87 bits per heavy atom. The van der Waals surface area contributed by atoms with Crippen LogP contribution in [0.1, 0.15) is 44.6 Å². The molecule has 4 aliphatic rings. The van der Waals surface area contributed by atoms with Crippen LogP contribution < -0.4 is 9.64 Å². The summed E-state index contributed by atoms with van der Waals surface area (Å²) in [6.45, 7) is 5.54. The maximum atomic E-state index is 16.4. The standard InChI is InChI=1S/C32H29F2N5O5.C7H12FN/c1-5-22-25(33)9-6-18-10-21(41)11-23(27(18)22)29-28(34)30-24(12-35-29)31(37-32(36-30)43-4)38-13-19-7-8-20(14-38)39(19)15-26(44-16-40)17(2)42-3;8-6-4-7-2-1-3-9(7)5-6/h1,6,9-12,16,19-20,41H,7-8,13-15H2,2-4H3;6-7H,1-5H2/b26-17-;/t;6-,7?/m.1/s1.